The van der Waals surface area contributed by atoms with E-state index in [4.69, 9.17) is 9.25 Å². The van der Waals surface area contributed by atoms with E-state index in [1.807, 2.05) is 44.1 Å². The van der Waals surface area contributed by atoms with Crippen molar-refractivity contribution in [1.82, 2.24) is 4.98 Å². The minimum atomic E-state index is -0.480. The molecule has 0 N–H and O–H groups in total. The molecule has 0 bridgehead atoms. The smallest absolute Gasteiger partial charge is 0.368 e. The normalized spacial score (nSPS) is 16.3. The average Bonchev–Trinajstić information content (AvgIpc) is 3.20. The van der Waals surface area contributed by atoms with Crippen LogP contribution >= 0.6 is 0 Å². The van der Waals surface area contributed by atoms with Crippen LogP contribution in [0.3, 0.4) is 0 Å². The van der Waals surface area contributed by atoms with Crippen LogP contribution in [0.25, 0.3) is 6.08 Å². The molecule has 0 spiro atoms. The summed E-state index contributed by atoms with van der Waals surface area (Å²) < 4.78 is 5.65. The molecular weight excluding hydrogens is 306 g/mol. The van der Waals surface area contributed by atoms with Gasteiger partial charge in [-0.3, -0.25) is 4.98 Å². The molecule has 6 nitrogen and oxygen atoms in total. The zero-order chi connectivity index (χ0) is 17.1. The third kappa shape index (κ3) is 3.12. The first kappa shape index (κ1) is 15.7. The number of oxime groups is 1. The summed E-state index contributed by atoms with van der Waals surface area (Å²) in [5.74, 6) is 0.975. The summed E-state index contributed by atoms with van der Waals surface area (Å²) in [7, 11) is 3.81. The number of rotatable bonds is 4. The van der Waals surface area contributed by atoms with Gasteiger partial charge in [-0.15, -0.1) is 0 Å². The number of aromatic nitrogens is 1. The number of nitrogens with zero attached hydrogens (tertiary/aromatic N) is 3. The van der Waals surface area contributed by atoms with Crippen LogP contribution in [0.15, 0.2) is 63.3 Å². The van der Waals surface area contributed by atoms with Gasteiger partial charge in [0.25, 0.3) is 0 Å². The Labute approximate surface area is 139 Å². The van der Waals surface area contributed by atoms with Gasteiger partial charge in [-0.1, -0.05) is 17.3 Å². The molecule has 0 aromatic carbocycles. The lowest BCUT2D eigenvalue weighted by molar-refractivity contribution is -0.136. The Balaban J connectivity index is 1.89. The number of allylic oxidation sites excluding steroid dienone is 2. The van der Waals surface area contributed by atoms with Gasteiger partial charge in [0.2, 0.25) is 0 Å². The largest absolute Gasteiger partial charge is 0.441 e. The Hall–Kier alpha value is -3.15. The minimum Gasteiger partial charge on any atom is -0.441 e. The summed E-state index contributed by atoms with van der Waals surface area (Å²) in [6.45, 7) is 1.83. The molecule has 3 heterocycles. The lowest BCUT2D eigenvalue weighted by Gasteiger charge is -2.05. The Morgan fingerprint density at radius 1 is 1.21 bits per heavy atom. The lowest BCUT2D eigenvalue weighted by atomic mass is 10.0. The third-order valence-electron chi connectivity index (χ3n) is 3.51. The molecule has 0 saturated carbocycles. The van der Waals surface area contributed by atoms with Crippen LogP contribution in [0.1, 0.15) is 18.4 Å². The van der Waals surface area contributed by atoms with Crippen LogP contribution in [0.4, 0.5) is 5.88 Å². The summed E-state index contributed by atoms with van der Waals surface area (Å²) in [5.41, 5.74) is 2.17. The summed E-state index contributed by atoms with van der Waals surface area (Å²) in [5, 5.41) is 3.85. The van der Waals surface area contributed by atoms with Gasteiger partial charge in [-0.25, -0.2) is 4.79 Å². The monoisotopic (exact) mass is 323 g/mol. The van der Waals surface area contributed by atoms with Gasteiger partial charge in [0.1, 0.15) is 11.5 Å². The number of furan rings is 1. The summed E-state index contributed by atoms with van der Waals surface area (Å²) in [6.07, 6.45) is 5.25. The zero-order valence-corrected chi connectivity index (χ0v) is 13.7. The van der Waals surface area contributed by atoms with Crippen molar-refractivity contribution in [1.29, 1.82) is 0 Å². The van der Waals surface area contributed by atoms with E-state index in [0.717, 1.165) is 11.5 Å². The van der Waals surface area contributed by atoms with E-state index in [-0.39, 0.29) is 0 Å². The van der Waals surface area contributed by atoms with E-state index in [1.54, 1.807) is 30.5 Å². The molecule has 0 radical (unpaired) electrons. The molecule has 6 heteroatoms. The van der Waals surface area contributed by atoms with Crippen LogP contribution in [-0.4, -0.2) is 30.8 Å². The second-order valence-electron chi connectivity index (χ2n) is 5.50. The molecule has 0 amide bonds. The Kier molecular flexibility index (Phi) is 4.29. The van der Waals surface area contributed by atoms with Crippen molar-refractivity contribution in [3.63, 3.8) is 0 Å². The molecule has 122 valence electrons. The van der Waals surface area contributed by atoms with Crippen molar-refractivity contribution in [3.05, 3.63) is 65.2 Å². The van der Waals surface area contributed by atoms with Crippen molar-refractivity contribution < 1.29 is 14.0 Å². The molecule has 1 aliphatic heterocycles. The van der Waals surface area contributed by atoms with Gasteiger partial charge in [0, 0.05) is 26.4 Å². The van der Waals surface area contributed by atoms with E-state index in [1.165, 1.54) is 0 Å². The topological polar surface area (TPSA) is 67.9 Å². The highest BCUT2D eigenvalue weighted by atomic mass is 16.7. The van der Waals surface area contributed by atoms with Gasteiger partial charge in [0.15, 0.2) is 5.88 Å². The first-order chi connectivity index (χ1) is 11.6. The number of pyridine rings is 1. The van der Waals surface area contributed by atoms with Gasteiger partial charge in [-0.2, -0.15) is 0 Å². The quantitative estimate of drug-likeness (QED) is 0.639. The molecule has 1 aliphatic rings. The highest BCUT2D eigenvalue weighted by Gasteiger charge is 2.29. The molecule has 0 aliphatic carbocycles. The first-order valence-electron chi connectivity index (χ1n) is 7.43. The van der Waals surface area contributed by atoms with Gasteiger partial charge in [-0.05, 0) is 36.8 Å². The zero-order valence-electron chi connectivity index (χ0n) is 13.7. The second kappa shape index (κ2) is 6.54. The van der Waals surface area contributed by atoms with Crippen molar-refractivity contribution in [2.24, 2.45) is 5.16 Å². The SMILES string of the molecule is CC(/C=C\c1ccc(N(C)C)o1)=C1\C(=O)ON=C1c1ccccn1. The number of hydrogen-bond donors (Lipinski definition) is 0. The maximum Gasteiger partial charge on any atom is 0.368 e. The standard InChI is InChI=1S/C18H17N3O3/c1-12(7-8-13-9-10-15(23-13)21(2)3)16-17(20-24-18(16)22)14-6-4-5-11-19-14/h4-11H,1-3H3/b8-7-,16-12+. The van der Waals surface area contributed by atoms with Crippen LogP contribution in [0.2, 0.25) is 0 Å². The van der Waals surface area contributed by atoms with E-state index < -0.39 is 5.97 Å². The van der Waals surface area contributed by atoms with E-state index in [2.05, 4.69) is 10.1 Å². The highest BCUT2D eigenvalue weighted by molar-refractivity contribution is 6.28. The van der Waals surface area contributed by atoms with Gasteiger partial charge >= 0.3 is 5.97 Å². The van der Waals surface area contributed by atoms with Crippen LogP contribution in [0, 0.1) is 0 Å². The van der Waals surface area contributed by atoms with Gasteiger partial charge in [0.05, 0.1) is 11.3 Å². The molecule has 0 atom stereocenters. The predicted octanol–water partition coefficient (Wildman–Crippen LogP) is 3.03. The number of hydrogen-bond acceptors (Lipinski definition) is 6. The third-order valence-corrected chi connectivity index (χ3v) is 3.51. The Morgan fingerprint density at radius 3 is 2.71 bits per heavy atom. The van der Waals surface area contributed by atoms with Crippen molar-refractivity contribution >= 4 is 23.6 Å². The molecule has 0 unspecified atom stereocenters. The molecule has 0 fully saturated rings. The summed E-state index contributed by atoms with van der Waals surface area (Å²) in [6, 6.07) is 9.17. The Morgan fingerprint density at radius 2 is 2.04 bits per heavy atom. The highest BCUT2D eigenvalue weighted by Crippen LogP contribution is 2.22. The second-order valence-corrected chi connectivity index (χ2v) is 5.50. The van der Waals surface area contributed by atoms with Crippen LogP contribution in [-0.2, 0) is 9.63 Å². The van der Waals surface area contributed by atoms with E-state index >= 15 is 0 Å². The van der Waals surface area contributed by atoms with E-state index in [9.17, 15) is 4.79 Å². The van der Waals surface area contributed by atoms with Crippen LogP contribution in [0.5, 0.6) is 0 Å². The van der Waals surface area contributed by atoms with E-state index in [0.29, 0.717) is 22.7 Å². The van der Waals surface area contributed by atoms with Crippen molar-refractivity contribution in [3.8, 4) is 0 Å². The number of carbonyl (C=O) groups excluding carboxylic acids is 1. The summed E-state index contributed by atoms with van der Waals surface area (Å²) in [4.78, 5) is 22.9. The molecular formula is C18H17N3O3. The fraction of sp³-hybridized carbons (Fsp3) is 0.167. The fourth-order valence-corrected chi connectivity index (χ4v) is 2.26. The average molecular weight is 323 g/mol. The van der Waals surface area contributed by atoms with Crippen LogP contribution < -0.4 is 4.90 Å². The fourth-order valence-electron chi connectivity index (χ4n) is 2.26. The first-order valence-corrected chi connectivity index (χ1v) is 7.43. The maximum absolute atomic E-state index is 12.0. The van der Waals surface area contributed by atoms with Gasteiger partial charge < -0.3 is 14.2 Å². The summed E-state index contributed by atoms with van der Waals surface area (Å²) >= 11 is 0. The minimum absolute atomic E-state index is 0.407. The number of carbonyl (C=O) groups is 1. The lowest BCUT2D eigenvalue weighted by Crippen LogP contribution is -2.10. The Bertz CT molecular complexity index is 845. The van der Waals surface area contributed by atoms with Crippen molar-refractivity contribution in [2.75, 3.05) is 19.0 Å². The molecule has 0 saturated heterocycles. The molecule has 2 aromatic heterocycles. The molecule has 24 heavy (non-hydrogen) atoms. The predicted molar refractivity (Wildman–Crippen MR) is 91.6 cm³/mol. The maximum atomic E-state index is 12.0. The molecule has 2 aromatic rings. The molecule has 3 rings (SSSR count). The van der Waals surface area contributed by atoms with Crippen molar-refractivity contribution in [2.45, 2.75) is 6.92 Å². The number of anilines is 1.